The molecule has 0 bridgehead atoms. The molecule has 0 saturated heterocycles. The number of nitrogens with zero attached hydrogens (tertiary/aromatic N) is 1. The molecule has 2 atom stereocenters. The largest absolute Gasteiger partial charge is 0.490 e. The van der Waals surface area contributed by atoms with Gasteiger partial charge in [0.05, 0.1) is 22.7 Å². The lowest BCUT2D eigenvalue weighted by atomic mass is 9.82. The zero-order valence-corrected chi connectivity index (χ0v) is 12.7. The second-order valence-corrected chi connectivity index (χ2v) is 6.15. The highest BCUT2D eigenvalue weighted by Gasteiger charge is 2.26. The lowest BCUT2D eigenvalue weighted by Gasteiger charge is -2.31. The van der Waals surface area contributed by atoms with Gasteiger partial charge in [-0.15, -0.1) is 0 Å². The Bertz CT molecular complexity index is 545. The van der Waals surface area contributed by atoms with E-state index in [0.29, 0.717) is 17.6 Å². The first-order valence-electron chi connectivity index (χ1n) is 7.32. The van der Waals surface area contributed by atoms with Crippen LogP contribution in [0, 0.1) is 22.0 Å². The van der Waals surface area contributed by atoms with Gasteiger partial charge in [0.1, 0.15) is 5.75 Å². The first kappa shape index (κ1) is 15.5. The van der Waals surface area contributed by atoms with Crippen molar-refractivity contribution in [2.24, 2.45) is 11.8 Å². The van der Waals surface area contributed by atoms with E-state index >= 15 is 0 Å². The summed E-state index contributed by atoms with van der Waals surface area (Å²) in [6.07, 6.45) is 3.22. The molecule has 21 heavy (non-hydrogen) atoms. The Morgan fingerprint density at radius 1 is 1.24 bits per heavy atom. The van der Waals surface area contributed by atoms with Gasteiger partial charge < -0.3 is 4.74 Å². The summed E-state index contributed by atoms with van der Waals surface area (Å²) in [6.45, 7) is 5.73. The van der Waals surface area contributed by atoms with Crippen LogP contribution in [0.15, 0.2) is 18.2 Å². The molecule has 0 amide bonds. The van der Waals surface area contributed by atoms with Crippen LogP contribution in [0.1, 0.15) is 50.4 Å². The third kappa shape index (κ3) is 3.80. The van der Waals surface area contributed by atoms with E-state index in [-0.39, 0.29) is 23.1 Å². The minimum Gasteiger partial charge on any atom is -0.490 e. The highest BCUT2D eigenvalue weighted by atomic mass is 16.6. The van der Waals surface area contributed by atoms with Crippen LogP contribution in [0.2, 0.25) is 0 Å². The average Bonchev–Trinajstić information content (AvgIpc) is 2.36. The van der Waals surface area contributed by atoms with Crippen molar-refractivity contribution in [2.45, 2.75) is 46.1 Å². The van der Waals surface area contributed by atoms with Crippen LogP contribution in [0.25, 0.3) is 0 Å². The van der Waals surface area contributed by atoms with Crippen molar-refractivity contribution in [2.75, 3.05) is 0 Å². The Labute approximate surface area is 124 Å². The molecule has 1 saturated carbocycles. The fourth-order valence-electron chi connectivity index (χ4n) is 3.20. The second kappa shape index (κ2) is 6.24. The number of ketones is 1. The van der Waals surface area contributed by atoms with Crippen molar-refractivity contribution < 1.29 is 14.5 Å². The van der Waals surface area contributed by atoms with E-state index in [2.05, 4.69) is 13.8 Å². The Kier molecular flexibility index (Phi) is 4.60. The summed E-state index contributed by atoms with van der Waals surface area (Å²) < 4.78 is 5.91. The minimum absolute atomic E-state index is 0.0894. The van der Waals surface area contributed by atoms with Gasteiger partial charge in [-0.3, -0.25) is 14.9 Å². The number of benzene rings is 1. The molecule has 1 fully saturated rings. The van der Waals surface area contributed by atoms with E-state index in [9.17, 15) is 14.9 Å². The smallest absolute Gasteiger partial charge is 0.283 e. The number of carbonyl (C=O) groups excluding carboxylic acids is 1. The first-order valence-corrected chi connectivity index (χ1v) is 7.32. The van der Waals surface area contributed by atoms with E-state index in [1.165, 1.54) is 25.5 Å². The fraction of sp³-hybridized carbons (Fsp3) is 0.562. The summed E-state index contributed by atoms with van der Waals surface area (Å²) >= 11 is 0. The molecule has 0 aliphatic heterocycles. The van der Waals surface area contributed by atoms with Crippen molar-refractivity contribution in [1.29, 1.82) is 0 Å². The van der Waals surface area contributed by atoms with Gasteiger partial charge in [-0.05, 0) is 50.2 Å². The molecule has 1 aliphatic carbocycles. The molecule has 0 spiro atoms. The Hall–Kier alpha value is -1.91. The van der Waals surface area contributed by atoms with Gasteiger partial charge in [-0.25, -0.2) is 0 Å². The third-order valence-corrected chi connectivity index (χ3v) is 3.98. The number of ether oxygens (including phenoxy) is 1. The number of hydrogen-bond acceptors (Lipinski definition) is 4. The predicted molar refractivity (Wildman–Crippen MR) is 79.7 cm³/mol. The van der Waals surface area contributed by atoms with Crippen molar-refractivity contribution in [3.05, 3.63) is 33.9 Å². The molecule has 1 aromatic rings. The summed E-state index contributed by atoms with van der Waals surface area (Å²) in [5.41, 5.74) is -0.0605. The standard InChI is InChI=1S/C16H21NO4/c1-10-6-11(2)8-14(7-10)21-13-4-5-15(12(3)18)16(9-13)17(19)20/h4-5,9-11,14H,6-8H2,1-3H3. The number of Topliss-reactive ketones (excluding diaryl/α,β-unsaturated/α-hetero) is 1. The van der Waals surface area contributed by atoms with Crippen LogP contribution in [0.3, 0.4) is 0 Å². The molecule has 2 rings (SSSR count). The van der Waals surface area contributed by atoms with Gasteiger partial charge in [0.2, 0.25) is 0 Å². The van der Waals surface area contributed by atoms with E-state index in [1.807, 2.05) is 0 Å². The quantitative estimate of drug-likeness (QED) is 0.477. The highest BCUT2D eigenvalue weighted by Crippen LogP contribution is 2.33. The van der Waals surface area contributed by atoms with Crippen LogP contribution < -0.4 is 4.74 Å². The molecule has 0 aromatic heterocycles. The zero-order chi connectivity index (χ0) is 15.6. The molecule has 114 valence electrons. The molecular weight excluding hydrogens is 270 g/mol. The lowest BCUT2D eigenvalue weighted by molar-refractivity contribution is -0.385. The topological polar surface area (TPSA) is 69.4 Å². The monoisotopic (exact) mass is 291 g/mol. The molecule has 5 heteroatoms. The highest BCUT2D eigenvalue weighted by molar-refractivity contribution is 5.98. The maximum Gasteiger partial charge on any atom is 0.283 e. The van der Waals surface area contributed by atoms with Gasteiger partial charge in [0, 0.05) is 0 Å². The first-order chi connectivity index (χ1) is 9.86. The van der Waals surface area contributed by atoms with E-state index in [1.54, 1.807) is 6.07 Å². The number of hydrogen-bond donors (Lipinski definition) is 0. The maximum atomic E-state index is 11.4. The minimum atomic E-state index is -0.532. The molecule has 1 aromatic carbocycles. The summed E-state index contributed by atoms with van der Waals surface area (Å²) in [5.74, 6) is 1.36. The van der Waals surface area contributed by atoms with E-state index in [0.717, 1.165) is 12.8 Å². The second-order valence-electron chi connectivity index (χ2n) is 6.15. The van der Waals surface area contributed by atoms with Gasteiger partial charge in [0.25, 0.3) is 5.69 Å². The van der Waals surface area contributed by atoms with Crippen LogP contribution >= 0.6 is 0 Å². The SMILES string of the molecule is CC(=O)c1ccc(OC2CC(C)CC(C)C2)cc1[N+](=O)[O-]. The van der Waals surface area contributed by atoms with Gasteiger partial charge >= 0.3 is 0 Å². The summed E-state index contributed by atoms with van der Waals surface area (Å²) in [6, 6.07) is 4.49. The molecule has 0 radical (unpaired) electrons. The molecule has 0 N–H and O–H groups in total. The van der Waals surface area contributed by atoms with Crippen LogP contribution in [0.4, 0.5) is 5.69 Å². The maximum absolute atomic E-state index is 11.4. The summed E-state index contributed by atoms with van der Waals surface area (Å²) in [5, 5.41) is 11.1. The van der Waals surface area contributed by atoms with E-state index in [4.69, 9.17) is 4.74 Å². The van der Waals surface area contributed by atoms with Crippen LogP contribution in [-0.4, -0.2) is 16.8 Å². The molecule has 5 nitrogen and oxygen atoms in total. The van der Waals surface area contributed by atoms with Gasteiger partial charge in [-0.2, -0.15) is 0 Å². The Balaban J connectivity index is 2.19. The summed E-state index contributed by atoms with van der Waals surface area (Å²) in [4.78, 5) is 22.0. The predicted octanol–water partition coefficient (Wildman–Crippen LogP) is 4.00. The lowest BCUT2D eigenvalue weighted by Crippen LogP contribution is -2.28. The van der Waals surface area contributed by atoms with E-state index < -0.39 is 4.92 Å². The van der Waals surface area contributed by atoms with Crippen LogP contribution in [-0.2, 0) is 0 Å². The van der Waals surface area contributed by atoms with Gasteiger partial charge in [0.15, 0.2) is 5.78 Å². The number of nitro groups is 1. The van der Waals surface area contributed by atoms with Crippen molar-refractivity contribution in [3.63, 3.8) is 0 Å². The Morgan fingerprint density at radius 3 is 2.38 bits per heavy atom. The van der Waals surface area contributed by atoms with Gasteiger partial charge in [-0.1, -0.05) is 13.8 Å². The Morgan fingerprint density at radius 2 is 1.86 bits per heavy atom. The molecule has 0 heterocycles. The third-order valence-electron chi connectivity index (χ3n) is 3.98. The van der Waals surface area contributed by atoms with Crippen molar-refractivity contribution in [1.82, 2.24) is 0 Å². The average molecular weight is 291 g/mol. The molecular formula is C16H21NO4. The normalized spacial score (nSPS) is 25.4. The summed E-state index contributed by atoms with van der Waals surface area (Å²) in [7, 11) is 0. The zero-order valence-electron chi connectivity index (χ0n) is 12.7. The van der Waals surface area contributed by atoms with Crippen LogP contribution in [0.5, 0.6) is 5.75 Å². The molecule has 1 aliphatic rings. The number of rotatable bonds is 4. The van der Waals surface area contributed by atoms with Crippen molar-refractivity contribution in [3.8, 4) is 5.75 Å². The number of nitro benzene ring substituents is 1. The number of carbonyl (C=O) groups is 1. The van der Waals surface area contributed by atoms with Crippen molar-refractivity contribution >= 4 is 11.5 Å². The molecule has 2 unspecified atom stereocenters. The fourth-order valence-corrected chi connectivity index (χ4v) is 3.20.